The minimum atomic E-state index is -6.55. The molecule has 0 unspecified atom stereocenters. The SMILES string of the molecule is CCc1ccc(-c2ccc(N3C(=O)c4ccc(C(c5ccc6c(c5)C(=O)N(c5ccc(-c7ccc(C)cc7C(F)(F)F)c(C(F)(F)F)c5)C6=O)(C(F)(F)F)C(F)(F)F)cc4C3=O)cc2C(F)(F)F)c(C(F)(F)F)c1. The average Bonchev–Trinajstić information content (AvgIpc) is 3.69. The maximum atomic E-state index is 15.5. The van der Waals surface area contributed by atoms with Crippen LogP contribution >= 0.6 is 0 Å². The lowest BCUT2D eigenvalue weighted by Crippen LogP contribution is -2.55. The number of fused-ring (bicyclic) bond motifs is 2. The summed E-state index contributed by atoms with van der Waals surface area (Å²) < 4.78 is 265. The fourth-order valence-electron chi connectivity index (χ4n) is 9.09. The van der Waals surface area contributed by atoms with E-state index in [1.54, 1.807) is 0 Å². The Hall–Kier alpha value is -7.66. The Bertz CT molecular complexity index is 3350. The molecule has 0 bridgehead atoms. The Labute approximate surface area is 403 Å². The summed E-state index contributed by atoms with van der Waals surface area (Å²) in [7, 11) is 0. The number of hydrogen-bond acceptors (Lipinski definition) is 4. The Balaban J connectivity index is 1.21. The van der Waals surface area contributed by atoms with E-state index >= 15 is 26.3 Å². The lowest BCUT2D eigenvalue weighted by molar-refractivity contribution is -0.288. The summed E-state index contributed by atoms with van der Waals surface area (Å²) in [5.74, 6) is -6.76. The van der Waals surface area contributed by atoms with E-state index < -0.39 is 155 Å². The Morgan fingerprint density at radius 3 is 1.01 bits per heavy atom. The summed E-state index contributed by atoms with van der Waals surface area (Å²) in [5, 5.41) is 0. The van der Waals surface area contributed by atoms with Gasteiger partial charge in [0.05, 0.1) is 55.9 Å². The summed E-state index contributed by atoms with van der Waals surface area (Å²) in [6.45, 7) is 2.69. The van der Waals surface area contributed by atoms with Crippen LogP contribution in [0, 0.1) is 6.92 Å². The molecule has 2 heterocycles. The van der Waals surface area contributed by atoms with E-state index in [9.17, 15) is 71.9 Å². The molecule has 2 aliphatic rings. The third-order valence-corrected chi connectivity index (χ3v) is 12.5. The smallest absolute Gasteiger partial charge is 0.268 e. The van der Waals surface area contributed by atoms with Crippen molar-refractivity contribution < 1.29 is 98.2 Å². The second-order valence-electron chi connectivity index (χ2n) is 16.9. The first-order chi connectivity index (χ1) is 34.0. The van der Waals surface area contributed by atoms with Crippen molar-refractivity contribution in [2.24, 2.45) is 0 Å². The van der Waals surface area contributed by atoms with Crippen LogP contribution in [0.25, 0.3) is 22.3 Å². The van der Waals surface area contributed by atoms with Crippen molar-refractivity contribution in [2.75, 3.05) is 9.80 Å². The van der Waals surface area contributed by atoms with Crippen molar-refractivity contribution in [3.8, 4) is 22.3 Å². The highest BCUT2D eigenvalue weighted by atomic mass is 19.4. The van der Waals surface area contributed by atoms with Crippen molar-refractivity contribution in [3.05, 3.63) is 176 Å². The summed E-state index contributed by atoms with van der Waals surface area (Å²) in [6, 6.07) is 7.77. The van der Waals surface area contributed by atoms with Gasteiger partial charge in [-0.3, -0.25) is 19.2 Å². The van der Waals surface area contributed by atoms with Crippen LogP contribution in [-0.4, -0.2) is 36.0 Å². The number of hydrogen-bond donors (Lipinski definition) is 0. The van der Waals surface area contributed by atoms with E-state index in [4.69, 9.17) is 0 Å². The topological polar surface area (TPSA) is 74.8 Å². The van der Waals surface area contributed by atoms with Crippen LogP contribution in [0.1, 0.15) is 92.9 Å². The molecule has 0 radical (unpaired) electrons. The summed E-state index contributed by atoms with van der Waals surface area (Å²) >= 11 is 0. The van der Waals surface area contributed by atoms with Crippen LogP contribution in [0.15, 0.2) is 109 Å². The number of amides is 4. The molecule has 0 atom stereocenters. The van der Waals surface area contributed by atoms with Gasteiger partial charge in [-0.15, -0.1) is 0 Å². The van der Waals surface area contributed by atoms with Crippen molar-refractivity contribution in [2.45, 2.75) is 62.7 Å². The first kappa shape index (κ1) is 52.7. The van der Waals surface area contributed by atoms with Gasteiger partial charge in [0.2, 0.25) is 5.41 Å². The fourth-order valence-corrected chi connectivity index (χ4v) is 9.09. The fraction of sp³-hybridized carbons (Fsp3) is 0.200. The summed E-state index contributed by atoms with van der Waals surface area (Å²) in [5.41, 5.74) is -26.3. The summed E-state index contributed by atoms with van der Waals surface area (Å²) in [6.07, 6.45) is -34.5. The molecule has 8 rings (SSSR count). The number of aryl methyl sites for hydroxylation is 2. The van der Waals surface area contributed by atoms with Gasteiger partial charge in [0.15, 0.2) is 0 Å². The zero-order valence-corrected chi connectivity index (χ0v) is 36.9. The molecule has 6 nitrogen and oxygen atoms in total. The molecule has 4 amide bonds. The van der Waals surface area contributed by atoms with Gasteiger partial charge in [-0.05, 0) is 113 Å². The van der Waals surface area contributed by atoms with Crippen molar-refractivity contribution in [3.63, 3.8) is 0 Å². The number of rotatable bonds is 7. The number of halogens is 18. The summed E-state index contributed by atoms with van der Waals surface area (Å²) in [4.78, 5) is 54.8. The molecule has 0 spiro atoms. The normalized spacial score (nSPS) is 14.9. The molecule has 0 saturated carbocycles. The number of alkyl halides is 18. The van der Waals surface area contributed by atoms with Crippen LogP contribution in [0.2, 0.25) is 0 Å². The standard InChI is InChI=1S/C50H26F18N2O4/c1-3-23-5-11-29(37(17-23)46(54,55)56)31-15-9-27(21-39(31)48(60,61)62)70-41(72)33-13-7-25(19-35(33)43(70)74)44(49(63,64)65,50(66,67)68)24-6-12-32-34(18-24)42(73)69(40(32)71)26-8-14-30(38(20-26)47(57,58)59)28-10-4-22(2)16-36(28)45(51,52)53/h4-21H,3H2,1-2H3. The molecule has 6 aromatic rings. The van der Waals surface area contributed by atoms with E-state index in [1.807, 2.05) is 0 Å². The molecule has 74 heavy (non-hydrogen) atoms. The zero-order chi connectivity index (χ0) is 54.8. The number of carbonyl (C=O) groups excluding carboxylic acids is 4. The van der Waals surface area contributed by atoms with Crippen LogP contribution in [0.3, 0.4) is 0 Å². The molecule has 0 saturated heterocycles. The van der Waals surface area contributed by atoms with Gasteiger partial charge in [0.1, 0.15) is 0 Å². The first-order valence-corrected chi connectivity index (χ1v) is 21.0. The minimum Gasteiger partial charge on any atom is -0.268 e. The van der Waals surface area contributed by atoms with Gasteiger partial charge in [-0.2, -0.15) is 79.0 Å². The number of benzene rings is 6. The number of nitrogens with zero attached hydrogens (tertiary/aromatic N) is 2. The van der Waals surface area contributed by atoms with E-state index in [-0.39, 0.29) is 63.7 Å². The lowest BCUT2D eigenvalue weighted by atomic mass is 9.71. The average molecular weight is 1060 g/mol. The minimum absolute atomic E-state index is 0.00138. The van der Waals surface area contributed by atoms with E-state index in [0.29, 0.717) is 48.5 Å². The van der Waals surface area contributed by atoms with Crippen molar-refractivity contribution in [1.29, 1.82) is 0 Å². The number of imide groups is 2. The van der Waals surface area contributed by atoms with Crippen LogP contribution in [0.5, 0.6) is 0 Å². The predicted octanol–water partition coefficient (Wildman–Crippen LogP) is 15.0. The highest BCUT2D eigenvalue weighted by Gasteiger charge is 2.73. The molecule has 0 fully saturated rings. The molecule has 0 aliphatic carbocycles. The van der Waals surface area contributed by atoms with Gasteiger partial charge in [-0.1, -0.05) is 61.0 Å². The van der Waals surface area contributed by atoms with Gasteiger partial charge < -0.3 is 0 Å². The highest BCUT2D eigenvalue weighted by molar-refractivity contribution is 6.35. The van der Waals surface area contributed by atoms with Crippen molar-refractivity contribution >= 4 is 35.0 Å². The second kappa shape index (κ2) is 17.2. The second-order valence-corrected chi connectivity index (χ2v) is 16.9. The number of carbonyl (C=O) groups is 4. The molecule has 24 heteroatoms. The van der Waals surface area contributed by atoms with Crippen LogP contribution in [0.4, 0.5) is 90.4 Å². The molecule has 0 N–H and O–H groups in total. The van der Waals surface area contributed by atoms with Gasteiger partial charge in [0.25, 0.3) is 23.6 Å². The van der Waals surface area contributed by atoms with Crippen LogP contribution < -0.4 is 9.80 Å². The quantitative estimate of drug-likeness (QED) is 0.118. The maximum Gasteiger partial charge on any atom is 0.417 e. The van der Waals surface area contributed by atoms with Crippen LogP contribution in [-0.2, 0) is 36.5 Å². The first-order valence-electron chi connectivity index (χ1n) is 21.0. The Morgan fingerprint density at radius 2 is 0.662 bits per heavy atom. The van der Waals surface area contributed by atoms with E-state index in [0.717, 1.165) is 24.3 Å². The molecule has 2 aliphatic heterocycles. The predicted molar refractivity (Wildman–Crippen MR) is 226 cm³/mol. The monoisotopic (exact) mass is 1060 g/mol. The molecular weight excluding hydrogens is 1030 g/mol. The third-order valence-electron chi connectivity index (χ3n) is 12.5. The molecule has 6 aromatic carbocycles. The molecule has 0 aromatic heterocycles. The lowest BCUT2D eigenvalue weighted by Gasteiger charge is -2.38. The Morgan fingerprint density at radius 1 is 0.351 bits per heavy atom. The molecule has 386 valence electrons. The maximum absolute atomic E-state index is 15.5. The van der Waals surface area contributed by atoms with Gasteiger partial charge in [0, 0.05) is 0 Å². The third kappa shape index (κ3) is 8.49. The van der Waals surface area contributed by atoms with Gasteiger partial charge >= 0.3 is 37.1 Å². The molecular formula is C50H26F18N2O4. The van der Waals surface area contributed by atoms with E-state index in [1.165, 1.54) is 13.8 Å². The van der Waals surface area contributed by atoms with E-state index in [2.05, 4.69) is 0 Å². The van der Waals surface area contributed by atoms with Crippen molar-refractivity contribution in [1.82, 2.24) is 0 Å². The van der Waals surface area contributed by atoms with Gasteiger partial charge in [-0.25, -0.2) is 9.80 Å². The Kier molecular flexibility index (Phi) is 12.3. The largest absolute Gasteiger partial charge is 0.417 e. The zero-order valence-electron chi connectivity index (χ0n) is 36.9. The highest BCUT2D eigenvalue weighted by Crippen LogP contribution is 2.57. The number of anilines is 2.